The SMILES string of the molecule is Cc1cc(C(=O)NC(CN)c2ccccc2)c(F)cc1F. The maximum Gasteiger partial charge on any atom is 0.254 e. The predicted molar refractivity (Wildman–Crippen MR) is 76.8 cm³/mol. The number of rotatable bonds is 4. The Morgan fingerprint density at radius 2 is 1.86 bits per heavy atom. The molecule has 1 atom stereocenters. The molecule has 3 nitrogen and oxygen atoms in total. The number of aryl methyl sites for hydroxylation is 1. The monoisotopic (exact) mass is 290 g/mol. The van der Waals surface area contributed by atoms with Crippen molar-refractivity contribution in [1.82, 2.24) is 5.32 Å². The number of halogens is 2. The van der Waals surface area contributed by atoms with Gasteiger partial charge in [0, 0.05) is 12.6 Å². The van der Waals surface area contributed by atoms with Crippen LogP contribution in [0.5, 0.6) is 0 Å². The smallest absolute Gasteiger partial charge is 0.254 e. The molecule has 0 heterocycles. The standard InChI is InChI=1S/C16H16F2N2O/c1-10-7-12(14(18)8-13(10)17)16(21)20-15(9-19)11-5-3-2-4-6-11/h2-8,15H,9,19H2,1H3,(H,20,21). The fraction of sp³-hybridized carbons (Fsp3) is 0.188. The molecule has 0 aliphatic carbocycles. The number of amides is 1. The summed E-state index contributed by atoms with van der Waals surface area (Å²) in [7, 11) is 0. The lowest BCUT2D eigenvalue weighted by Gasteiger charge is -2.17. The first-order valence-electron chi connectivity index (χ1n) is 6.54. The Kier molecular flexibility index (Phi) is 4.65. The van der Waals surface area contributed by atoms with E-state index in [9.17, 15) is 13.6 Å². The Hall–Kier alpha value is -2.27. The summed E-state index contributed by atoms with van der Waals surface area (Å²) in [5, 5.41) is 2.66. The molecule has 0 aromatic heterocycles. The zero-order chi connectivity index (χ0) is 15.4. The zero-order valence-corrected chi connectivity index (χ0v) is 11.6. The molecule has 1 amide bonds. The van der Waals surface area contributed by atoms with Crippen LogP contribution < -0.4 is 11.1 Å². The summed E-state index contributed by atoms with van der Waals surface area (Å²) >= 11 is 0. The molecule has 2 aromatic rings. The molecule has 2 rings (SSSR count). The third-order valence-corrected chi connectivity index (χ3v) is 3.24. The second-order valence-electron chi connectivity index (χ2n) is 4.75. The van der Waals surface area contributed by atoms with E-state index in [-0.39, 0.29) is 17.7 Å². The van der Waals surface area contributed by atoms with Crippen molar-refractivity contribution in [3.05, 3.63) is 70.8 Å². The van der Waals surface area contributed by atoms with Crippen LogP contribution in [-0.2, 0) is 0 Å². The van der Waals surface area contributed by atoms with E-state index in [2.05, 4.69) is 5.32 Å². The van der Waals surface area contributed by atoms with Gasteiger partial charge in [-0.25, -0.2) is 8.78 Å². The highest BCUT2D eigenvalue weighted by atomic mass is 19.1. The lowest BCUT2D eigenvalue weighted by atomic mass is 10.1. The molecule has 0 saturated heterocycles. The van der Waals surface area contributed by atoms with Gasteiger partial charge in [0.05, 0.1) is 11.6 Å². The largest absolute Gasteiger partial charge is 0.344 e. The van der Waals surface area contributed by atoms with Gasteiger partial charge in [0.1, 0.15) is 11.6 Å². The van der Waals surface area contributed by atoms with Gasteiger partial charge in [-0.3, -0.25) is 4.79 Å². The Morgan fingerprint density at radius 3 is 2.48 bits per heavy atom. The van der Waals surface area contributed by atoms with Crippen molar-refractivity contribution in [2.45, 2.75) is 13.0 Å². The van der Waals surface area contributed by atoms with Crippen LogP contribution in [0.1, 0.15) is 27.5 Å². The first-order valence-corrected chi connectivity index (χ1v) is 6.54. The van der Waals surface area contributed by atoms with E-state index in [1.165, 1.54) is 13.0 Å². The Balaban J connectivity index is 2.23. The minimum atomic E-state index is -0.889. The lowest BCUT2D eigenvalue weighted by molar-refractivity contribution is 0.0933. The van der Waals surface area contributed by atoms with Crippen LogP contribution in [-0.4, -0.2) is 12.5 Å². The summed E-state index contributed by atoms with van der Waals surface area (Å²) in [6, 6.07) is 10.6. The fourth-order valence-electron chi connectivity index (χ4n) is 2.03. The Bertz CT molecular complexity index is 644. The Morgan fingerprint density at radius 1 is 1.19 bits per heavy atom. The summed E-state index contributed by atoms with van der Waals surface area (Å²) in [5.41, 5.74) is 6.50. The molecule has 0 spiro atoms. The van der Waals surface area contributed by atoms with Gasteiger partial charge in [0.2, 0.25) is 0 Å². The van der Waals surface area contributed by atoms with Crippen molar-refractivity contribution in [2.75, 3.05) is 6.54 Å². The highest BCUT2D eigenvalue weighted by molar-refractivity contribution is 5.95. The van der Waals surface area contributed by atoms with Crippen LogP contribution in [0.3, 0.4) is 0 Å². The van der Waals surface area contributed by atoms with Gasteiger partial charge in [0.15, 0.2) is 0 Å². The van der Waals surface area contributed by atoms with Gasteiger partial charge in [-0.1, -0.05) is 30.3 Å². The molecular formula is C16H16F2N2O. The van der Waals surface area contributed by atoms with Crippen LogP contribution in [0.25, 0.3) is 0 Å². The number of carbonyl (C=O) groups is 1. The van der Waals surface area contributed by atoms with E-state index in [0.717, 1.165) is 5.56 Å². The highest BCUT2D eigenvalue weighted by Crippen LogP contribution is 2.16. The maximum absolute atomic E-state index is 13.7. The molecule has 0 fully saturated rings. The number of hydrogen-bond donors (Lipinski definition) is 2. The van der Waals surface area contributed by atoms with Crippen LogP contribution in [0.2, 0.25) is 0 Å². The zero-order valence-electron chi connectivity index (χ0n) is 11.6. The minimum Gasteiger partial charge on any atom is -0.344 e. The quantitative estimate of drug-likeness (QED) is 0.909. The fourth-order valence-corrected chi connectivity index (χ4v) is 2.03. The van der Waals surface area contributed by atoms with Crippen LogP contribution in [0.15, 0.2) is 42.5 Å². The van der Waals surface area contributed by atoms with Crippen molar-refractivity contribution in [3.8, 4) is 0 Å². The van der Waals surface area contributed by atoms with Gasteiger partial charge in [0.25, 0.3) is 5.91 Å². The molecule has 110 valence electrons. The average molecular weight is 290 g/mol. The number of hydrogen-bond acceptors (Lipinski definition) is 2. The van der Waals surface area contributed by atoms with Gasteiger partial charge < -0.3 is 11.1 Å². The molecule has 3 N–H and O–H groups in total. The van der Waals surface area contributed by atoms with Gasteiger partial charge in [-0.05, 0) is 24.1 Å². The Labute approximate surface area is 121 Å². The van der Waals surface area contributed by atoms with Crippen molar-refractivity contribution in [3.63, 3.8) is 0 Å². The van der Waals surface area contributed by atoms with Gasteiger partial charge >= 0.3 is 0 Å². The van der Waals surface area contributed by atoms with E-state index < -0.39 is 23.6 Å². The van der Waals surface area contributed by atoms with Crippen molar-refractivity contribution >= 4 is 5.91 Å². The molecule has 0 radical (unpaired) electrons. The molecule has 2 aromatic carbocycles. The molecule has 0 aliphatic heterocycles. The van der Waals surface area contributed by atoms with E-state index in [0.29, 0.717) is 6.07 Å². The van der Waals surface area contributed by atoms with Crippen molar-refractivity contribution in [1.29, 1.82) is 0 Å². The van der Waals surface area contributed by atoms with E-state index in [4.69, 9.17) is 5.73 Å². The predicted octanol–water partition coefficient (Wildman–Crippen LogP) is 2.70. The molecule has 1 unspecified atom stereocenters. The second kappa shape index (κ2) is 6.45. The lowest BCUT2D eigenvalue weighted by Crippen LogP contribution is -2.34. The van der Waals surface area contributed by atoms with E-state index >= 15 is 0 Å². The molecule has 21 heavy (non-hydrogen) atoms. The van der Waals surface area contributed by atoms with E-state index in [1.807, 2.05) is 30.3 Å². The second-order valence-corrected chi connectivity index (χ2v) is 4.75. The average Bonchev–Trinajstić information content (AvgIpc) is 2.49. The molecular weight excluding hydrogens is 274 g/mol. The first kappa shape index (κ1) is 15.1. The third kappa shape index (κ3) is 3.44. The molecule has 0 aliphatic rings. The van der Waals surface area contributed by atoms with Gasteiger partial charge in [-0.15, -0.1) is 0 Å². The summed E-state index contributed by atoms with van der Waals surface area (Å²) in [6.45, 7) is 1.65. The first-order chi connectivity index (χ1) is 10.0. The normalized spacial score (nSPS) is 12.0. The number of benzene rings is 2. The molecule has 0 saturated carbocycles. The van der Waals surface area contributed by atoms with Crippen LogP contribution in [0.4, 0.5) is 8.78 Å². The number of nitrogens with two attached hydrogens (primary N) is 1. The summed E-state index contributed by atoms with van der Waals surface area (Å²) in [4.78, 5) is 12.1. The van der Waals surface area contributed by atoms with Crippen LogP contribution >= 0.6 is 0 Å². The number of nitrogens with one attached hydrogen (secondary N) is 1. The molecule has 5 heteroatoms. The summed E-state index contributed by atoms with van der Waals surface area (Å²) in [5.74, 6) is -2.18. The van der Waals surface area contributed by atoms with Crippen molar-refractivity contribution in [2.24, 2.45) is 5.73 Å². The van der Waals surface area contributed by atoms with Gasteiger partial charge in [-0.2, -0.15) is 0 Å². The summed E-state index contributed by atoms with van der Waals surface area (Å²) < 4.78 is 26.9. The van der Waals surface area contributed by atoms with Crippen molar-refractivity contribution < 1.29 is 13.6 Å². The molecule has 0 bridgehead atoms. The van der Waals surface area contributed by atoms with E-state index in [1.54, 1.807) is 0 Å². The summed E-state index contributed by atoms with van der Waals surface area (Å²) in [6.07, 6.45) is 0. The maximum atomic E-state index is 13.7. The third-order valence-electron chi connectivity index (χ3n) is 3.24. The number of carbonyl (C=O) groups excluding carboxylic acids is 1. The highest BCUT2D eigenvalue weighted by Gasteiger charge is 2.18. The minimum absolute atomic E-state index is 0.178. The topological polar surface area (TPSA) is 55.1 Å². The van der Waals surface area contributed by atoms with Crippen LogP contribution in [0, 0.1) is 18.6 Å².